The minimum absolute atomic E-state index is 0.240. The molecule has 3 amide bonds. The number of nitrogens with zero attached hydrogens (tertiary/aromatic N) is 2. The van der Waals surface area contributed by atoms with Crippen molar-refractivity contribution in [3.05, 3.63) is 51.9 Å². The van der Waals surface area contributed by atoms with Gasteiger partial charge in [0.15, 0.2) is 0 Å². The third-order valence-corrected chi connectivity index (χ3v) is 5.23. The van der Waals surface area contributed by atoms with Gasteiger partial charge in [-0.1, -0.05) is 42.0 Å². The maximum atomic E-state index is 12.4. The van der Waals surface area contributed by atoms with Crippen LogP contribution in [0.2, 0.25) is 5.02 Å². The Bertz CT molecular complexity index is 787. The highest BCUT2D eigenvalue weighted by Crippen LogP contribution is 2.30. The summed E-state index contributed by atoms with van der Waals surface area (Å²) in [7, 11) is 0. The minimum Gasteiger partial charge on any atom is -0.378 e. The van der Waals surface area contributed by atoms with Gasteiger partial charge in [-0.15, -0.1) is 0 Å². The molecule has 0 atom stereocenters. The third kappa shape index (κ3) is 4.35. The molecule has 0 unspecified atom stereocenters. The highest BCUT2D eigenvalue weighted by atomic mass is 35.5. The zero-order valence-electron chi connectivity index (χ0n) is 13.9. The molecule has 0 spiro atoms. The number of carbonyl (C=O) groups excluding carboxylic acids is 3. The summed E-state index contributed by atoms with van der Waals surface area (Å²) in [4.78, 5) is 39.6. The van der Waals surface area contributed by atoms with Crippen LogP contribution in [0.5, 0.6) is 0 Å². The van der Waals surface area contributed by atoms with Crippen LogP contribution in [0.1, 0.15) is 5.56 Å². The van der Waals surface area contributed by atoms with Crippen molar-refractivity contribution in [3.8, 4) is 0 Å². The average molecular weight is 393 g/mol. The summed E-state index contributed by atoms with van der Waals surface area (Å²) in [6.45, 7) is 1.66. The van der Waals surface area contributed by atoms with E-state index in [-0.39, 0.29) is 17.4 Å². The van der Waals surface area contributed by atoms with Crippen LogP contribution >= 0.6 is 23.4 Å². The molecule has 0 radical (unpaired) electrons. The normalized spacial score (nSPS) is 19.8. The number of hydrogen-bond donors (Lipinski definition) is 0. The van der Waals surface area contributed by atoms with Gasteiger partial charge in [0.05, 0.1) is 18.1 Å². The van der Waals surface area contributed by atoms with Gasteiger partial charge in [0, 0.05) is 18.1 Å². The summed E-state index contributed by atoms with van der Waals surface area (Å²) in [5.74, 6) is -0.700. The maximum absolute atomic E-state index is 12.4. The average Bonchev–Trinajstić information content (AvgIpc) is 2.91. The number of hydrogen-bond acceptors (Lipinski definition) is 5. The molecule has 6 nitrogen and oxygen atoms in total. The second-order valence-electron chi connectivity index (χ2n) is 5.66. The molecule has 8 heteroatoms. The second kappa shape index (κ2) is 8.53. The van der Waals surface area contributed by atoms with Crippen LogP contribution in [0.3, 0.4) is 0 Å². The topological polar surface area (TPSA) is 66.9 Å². The molecule has 2 aliphatic rings. The quantitative estimate of drug-likeness (QED) is 0.737. The number of halogens is 1. The van der Waals surface area contributed by atoms with Crippen molar-refractivity contribution in [2.75, 3.05) is 32.8 Å². The lowest BCUT2D eigenvalue weighted by molar-refractivity contribution is -0.139. The minimum atomic E-state index is -0.453. The van der Waals surface area contributed by atoms with Crippen molar-refractivity contribution in [2.45, 2.75) is 0 Å². The van der Waals surface area contributed by atoms with Gasteiger partial charge in [0.2, 0.25) is 5.91 Å². The second-order valence-corrected chi connectivity index (χ2v) is 7.06. The predicted octanol–water partition coefficient (Wildman–Crippen LogP) is 2.79. The van der Waals surface area contributed by atoms with Crippen LogP contribution in [-0.4, -0.2) is 59.7 Å². The van der Waals surface area contributed by atoms with E-state index in [0.29, 0.717) is 31.3 Å². The van der Waals surface area contributed by atoms with Crippen molar-refractivity contribution in [2.24, 2.45) is 0 Å². The van der Waals surface area contributed by atoms with E-state index >= 15 is 0 Å². The van der Waals surface area contributed by atoms with E-state index in [0.717, 1.165) is 22.2 Å². The molecule has 136 valence electrons. The molecule has 1 aromatic rings. The molecule has 2 heterocycles. The zero-order valence-corrected chi connectivity index (χ0v) is 15.5. The third-order valence-electron chi connectivity index (χ3n) is 3.96. The lowest BCUT2D eigenvalue weighted by Crippen LogP contribution is -2.46. The smallest absolute Gasteiger partial charge is 0.294 e. The fourth-order valence-electron chi connectivity index (χ4n) is 2.55. The number of amides is 3. The van der Waals surface area contributed by atoms with Gasteiger partial charge in [-0.05, 0) is 29.5 Å². The van der Waals surface area contributed by atoms with Crippen molar-refractivity contribution < 1.29 is 19.1 Å². The highest BCUT2D eigenvalue weighted by molar-refractivity contribution is 8.18. The number of allylic oxidation sites excluding steroid dienone is 2. The Labute approximate surface area is 160 Å². The van der Waals surface area contributed by atoms with Gasteiger partial charge in [0.1, 0.15) is 6.54 Å². The van der Waals surface area contributed by atoms with Crippen LogP contribution in [0.4, 0.5) is 4.79 Å². The summed E-state index contributed by atoms with van der Waals surface area (Å²) < 4.78 is 5.20. The van der Waals surface area contributed by atoms with E-state index < -0.39 is 11.1 Å². The van der Waals surface area contributed by atoms with E-state index in [9.17, 15) is 14.4 Å². The molecule has 0 N–H and O–H groups in total. The summed E-state index contributed by atoms with van der Waals surface area (Å²) >= 11 is 6.90. The molecule has 1 aromatic carbocycles. The number of benzene rings is 1. The van der Waals surface area contributed by atoms with Crippen molar-refractivity contribution >= 4 is 46.5 Å². The Balaban J connectivity index is 1.64. The van der Waals surface area contributed by atoms with E-state index in [1.165, 1.54) is 0 Å². The van der Waals surface area contributed by atoms with Gasteiger partial charge in [-0.25, -0.2) is 0 Å². The van der Waals surface area contributed by atoms with Crippen molar-refractivity contribution in [1.29, 1.82) is 0 Å². The first kappa shape index (κ1) is 18.7. The first-order chi connectivity index (χ1) is 12.6. The molecule has 0 aromatic heterocycles. The first-order valence-corrected chi connectivity index (χ1v) is 9.28. The number of morpholine rings is 1. The van der Waals surface area contributed by atoms with Gasteiger partial charge in [-0.3, -0.25) is 19.3 Å². The molecule has 26 heavy (non-hydrogen) atoms. The number of thioether (sulfide) groups is 1. The number of ether oxygens (including phenoxy) is 1. The molecule has 0 bridgehead atoms. The van der Waals surface area contributed by atoms with Gasteiger partial charge >= 0.3 is 0 Å². The molecule has 2 saturated heterocycles. The molecule has 0 saturated carbocycles. The Morgan fingerprint density at radius 1 is 1.23 bits per heavy atom. The summed E-state index contributed by atoms with van der Waals surface area (Å²) in [5.41, 5.74) is 0.812. The fourth-order valence-corrected chi connectivity index (χ4v) is 3.54. The van der Waals surface area contributed by atoms with Crippen LogP contribution in [0, 0.1) is 0 Å². The maximum Gasteiger partial charge on any atom is 0.294 e. The Hall–Kier alpha value is -2.09. The standard InChI is InChI=1S/C18H17ClN2O4S/c19-14-6-2-1-4-13(14)5-3-7-15-17(23)21(18(24)26-15)12-16(22)20-8-10-25-11-9-20/h1-7H,8-12H2/b5-3+,15-7-. The largest absolute Gasteiger partial charge is 0.378 e. The van der Waals surface area contributed by atoms with Crippen LogP contribution < -0.4 is 0 Å². The van der Waals surface area contributed by atoms with Crippen LogP contribution in [-0.2, 0) is 14.3 Å². The molecule has 2 fully saturated rings. The first-order valence-electron chi connectivity index (χ1n) is 8.08. The van der Waals surface area contributed by atoms with Crippen molar-refractivity contribution in [1.82, 2.24) is 9.80 Å². The Morgan fingerprint density at radius 3 is 2.69 bits per heavy atom. The molecule has 0 aliphatic carbocycles. The predicted molar refractivity (Wildman–Crippen MR) is 101 cm³/mol. The molecular formula is C18H17ClN2O4S. The monoisotopic (exact) mass is 392 g/mol. The van der Waals surface area contributed by atoms with E-state index in [2.05, 4.69) is 0 Å². The zero-order chi connectivity index (χ0) is 18.5. The SMILES string of the molecule is O=C(CN1C(=O)S/C(=C\C=C\c2ccccc2Cl)C1=O)N1CCOCC1. The van der Waals surface area contributed by atoms with Gasteiger partial charge in [-0.2, -0.15) is 0 Å². The highest BCUT2D eigenvalue weighted by Gasteiger charge is 2.36. The van der Waals surface area contributed by atoms with E-state index in [1.54, 1.807) is 29.2 Å². The lowest BCUT2D eigenvalue weighted by atomic mass is 10.2. The fraction of sp³-hybridized carbons (Fsp3) is 0.278. The lowest BCUT2D eigenvalue weighted by Gasteiger charge is -2.27. The van der Waals surface area contributed by atoms with Crippen molar-refractivity contribution in [3.63, 3.8) is 0 Å². The Kier molecular flexibility index (Phi) is 6.13. The summed E-state index contributed by atoms with van der Waals surface area (Å²) in [6.07, 6.45) is 4.99. The molecular weight excluding hydrogens is 376 g/mol. The summed E-state index contributed by atoms with van der Waals surface area (Å²) in [5, 5.41) is 0.162. The van der Waals surface area contributed by atoms with E-state index in [1.807, 2.05) is 18.2 Å². The molecule has 3 rings (SSSR count). The van der Waals surface area contributed by atoms with Gasteiger partial charge in [0.25, 0.3) is 11.1 Å². The number of carbonyl (C=O) groups is 3. The summed E-state index contributed by atoms with van der Waals surface area (Å²) in [6, 6.07) is 7.30. The number of rotatable bonds is 4. The number of imide groups is 1. The molecule has 2 aliphatic heterocycles. The van der Waals surface area contributed by atoms with E-state index in [4.69, 9.17) is 16.3 Å². The van der Waals surface area contributed by atoms with Crippen LogP contribution in [0.15, 0.2) is 41.3 Å². The van der Waals surface area contributed by atoms with Crippen LogP contribution in [0.25, 0.3) is 6.08 Å². The van der Waals surface area contributed by atoms with Gasteiger partial charge < -0.3 is 9.64 Å². The Morgan fingerprint density at radius 2 is 1.96 bits per heavy atom.